The number of nitrogens with zero attached hydrogens (tertiary/aromatic N) is 1. The molecule has 1 heterocycles. The third-order valence-electron chi connectivity index (χ3n) is 5.43. The molecule has 4 aliphatic carbocycles. The molecule has 4 fully saturated rings. The van der Waals surface area contributed by atoms with Gasteiger partial charge in [-0.1, -0.05) is 0 Å². The summed E-state index contributed by atoms with van der Waals surface area (Å²) in [7, 11) is 0. The summed E-state index contributed by atoms with van der Waals surface area (Å²) in [5.41, 5.74) is 1.33. The molecule has 0 radical (unpaired) electrons. The molecule has 1 aromatic heterocycles. The second-order valence-corrected chi connectivity index (χ2v) is 7.06. The van der Waals surface area contributed by atoms with Crippen LogP contribution >= 0.6 is 0 Å². The first-order valence-corrected chi connectivity index (χ1v) is 7.59. The first-order chi connectivity index (χ1) is 9.62. The zero-order chi connectivity index (χ0) is 13.7. The van der Waals surface area contributed by atoms with Crippen LogP contribution in [0.25, 0.3) is 0 Å². The minimum Gasteiger partial charge on any atom is -0.477 e. The molecule has 0 atom stereocenters. The van der Waals surface area contributed by atoms with E-state index in [1.807, 2.05) is 6.07 Å². The second kappa shape index (κ2) is 4.21. The van der Waals surface area contributed by atoms with Gasteiger partial charge in [0, 0.05) is 5.54 Å². The number of carbonyl (C=O) groups is 1. The fourth-order valence-electron chi connectivity index (χ4n) is 5.16. The van der Waals surface area contributed by atoms with Crippen molar-refractivity contribution in [3.8, 4) is 0 Å². The number of rotatable bonds is 3. The number of hydrogen-bond donors (Lipinski definition) is 2. The van der Waals surface area contributed by atoms with Crippen LogP contribution in [0.2, 0.25) is 0 Å². The van der Waals surface area contributed by atoms with Gasteiger partial charge in [0.1, 0.15) is 5.69 Å². The maximum Gasteiger partial charge on any atom is 0.354 e. The van der Waals surface area contributed by atoms with E-state index in [0.717, 1.165) is 23.4 Å². The quantitative estimate of drug-likeness (QED) is 0.887. The van der Waals surface area contributed by atoms with Gasteiger partial charge in [0.15, 0.2) is 0 Å². The highest BCUT2D eigenvalue weighted by atomic mass is 16.4. The van der Waals surface area contributed by atoms with Crippen molar-refractivity contribution < 1.29 is 9.90 Å². The normalized spacial score (nSPS) is 37.9. The maximum atomic E-state index is 10.8. The molecule has 0 saturated heterocycles. The van der Waals surface area contributed by atoms with E-state index in [4.69, 9.17) is 5.11 Å². The van der Waals surface area contributed by atoms with Gasteiger partial charge in [-0.2, -0.15) is 0 Å². The molecule has 4 saturated carbocycles. The number of carboxylic acid groups (broad SMARTS) is 1. The minimum atomic E-state index is -0.966. The molecular weight excluding hydrogens is 252 g/mol. The summed E-state index contributed by atoms with van der Waals surface area (Å²) in [5.74, 6) is 1.74. The van der Waals surface area contributed by atoms with Crippen LogP contribution in [0.1, 0.15) is 49.0 Å². The highest BCUT2D eigenvalue weighted by Crippen LogP contribution is 2.56. The van der Waals surface area contributed by atoms with E-state index in [2.05, 4.69) is 10.3 Å². The molecule has 0 aromatic carbocycles. The van der Waals surface area contributed by atoms with Crippen molar-refractivity contribution >= 4 is 11.7 Å². The lowest BCUT2D eigenvalue weighted by Gasteiger charge is -2.57. The maximum absolute atomic E-state index is 10.8. The summed E-state index contributed by atoms with van der Waals surface area (Å²) >= 11 is 0. The lowest BCUT2D eigenvalue weighted by atomic mass is 9.53. The Hall–Kier alpha value is -1.58. The fourth-order valence-corrected chi connectivity index (χ4v) is 5.16. The lowest BCUT2D eigenvalue weighted by molar-refractivity contribution is 0.0107. The molecule has 106 valence electrons. The highest BCUT2D eigenvalue weighted by Gasteiger charge is 2.50. The summed E-state index contributed by atoms with van der Waals surface area (Å²) in [5, 5.41) is 12.6. The Morgan fingerprint density at radius 3 is 2.20 bits per heavy atom. The minimum absolute atomic E-state index is 0.112. The Morgan fingerprint density at radius 1 is 1.15 bits per heavy atom. The predicted octanol–water partition coefficient (Wildman–Crippen LogP) is 3.16. The van der Waals surface area contributed by atoms with E-state index < -0.39 is 5.97 Å². The van der Waals surface area contributed by atoms with Crippen LogP contribution in [-0.2, 0) is 0 Å². The molecule has 2 N–H and O–H groups in total. The van der Waals surface area contributed by atoms with E-state index in [0.29, 0.717) is 0 Å². The largest absolute Gasteiger partial charge is 0.477 e. The molecule has 4 heteroatoms. The number of anilines is 1. The van der Waals surface area contributed by atoms with Gasteiger partial charge in [-0.3, -0.25) is 0 Å². The summed E-state index contributed by atoms with van der Waals surface area (Å²) in [6.45, 7) is 0. The van der Waals surface area contributed by atoms with Crippen LogP contribution in [0.3, 0.4) is 0 Å². The van der Waals surface area contributed by atoms with Crippen molar-refractivity contribution in [3.63, 3.8) is 0 Å². The summed E-state index contributed by atoms with van der Waals surface area (Å²) in [6, 6.07) is 3.44. The zero-order valence-electron chi connectivity index (χ0n) is 11.5. The summed E-state index contributed by atoms with van der Waals surface area (Å²) in [6.07, 6.45) is 9.78. The first-order valence-electron chi connectivity index (χ1n) is 7.59. The number of aromatic nitrogens is 1. The van der Waals surface area contributed by atoms with Gasteiger partial charge in [-0.05, 0) is 68.4 Å². The van der Waals surface area contributed by atoms with Gasteiger partial charge >= 0.3 is 5.97 Å². The molecule has 1 aromatic rings. The highest BCUT2D eigenvalue weighted by molar-refractivity contribution is 5.85. The van der Waals surface area contributed by atoms with E-state index in [-0.39, 0.29) is 11.2 Å². The molecule has 5 rings (SSSR count). The number of aromatic carboxylic acids is 1. The molecule has 0 aliphatic heterocycles. The molecule has 4 bridgehead atoms. The van der Waals surface area contributed by atoms with Crippen LogP contribution < -0.4 is 5.32 Å². The Morgan fingerprint density at radius 2 is 1.75 bits per heavy atom. The number of pyridine rings is 1. The summed E-state index contributed by atoms with van der Waals surface area (Å²) < 4.78 is 0. The Bertz CT molecular complexity index is 503. The molecule has 0 unspecified atom stereocenters. The van der Waals surface area contributed by atoms with Gasteiger partial charge < -0.3 is 10.4 Å². The number of carboxylic acids is 1. The van der Waals surface area contributed by atoms with Crippen molar-refractivity contribution in [1.29, 1.82) is 0 Å². The molecule has 20 heavy (non-hydrogen) atoms. The monoisotopic (exact) mass is 272 g/mol. The second-order valence-electron chi connectivity index (χ2n) is 7.06. The van der Waals surface area contributed by atoms with Gasteiger partial charge in [0.05, 0.1) is 11.9 Å². The molecular formula is C16H20N2O2. The van der Waals surface area contributed by atoms with Gasteiger partial charge in [0.2, 0.25) is 0 Å². The standard InChI is InChI=1S/C16H20N2O2/c19-15(20)14-2-1-13(9-17-14)18-16-6-10-3-11(7-16)5-12(4-10)8-16/h1-2,9-12,18H,3-8H2,(H,19,20). The van der Waals surface area contributed by atoms with E-state index in [9.17, 15) is 4.79 Å². The summed E-state index contributed by atoms with van der Waals surface area (Å²) in [4.78, 5) is 14.9. The van der Waals surface area contributed by atoms with Crippen molar-refractivity contribution in [2.45, 2.75) is 44.1 Å². The Balaban J connectivity index is 1.55. The molecule has 4 aliphatic rings. The fraction of sp³-hybridized carbons (Fsp3) is 0.625. The Labute approximate surface area is 118 Å². The first kappa shape index (κ1) is 12.2. The average molecular weight is 272 g/mol. The third-order valence-corrected chi connectivity index (χ3v) is 5.43. The van der Waals surface area contributed by atoms with Crippen molar-refractivity contribution in [2.24, 2.45) is 17.8 Å². The smallest absolute Gasteiger partial charge is 0.354 e. The van der Waals surface area contributed by atoms with Gasteiger partial charge in [-0.25, -0.2) is 9.78 Å². The van der Waals surface area contributed by atoms with Crippen LogP contribution in [0.15, 0.2) is 18.3 Å². The van der Waals surface area contributed by atoms with E-state index in [1.54, 1.807) is 12.3 Å². The van der Waals surface area contributed by atoms with Crippen LogP contribution in [0, 0.1) is 17.8 Å². The lowest BCUT2D eigenvalue weighted by Crippen LogP contribution is -2.54. The average Bonchev–Trinajstić information content (AvgIpc) is 2.37. The SMILES string of the molecule is O=C(O)c1ccc(NC23CC4CC(CC(C4)C2)C3)cn1. The predicted molar refractivity (Wildman–Crippen MR) is 75.7 cm³/mol. The van der Waals surface area contributed by atoms with Crippen molar-refractivity contribution in [1.82, 2.24) is 4.98 Å². The van der Waals surface area contributed by atoms with Crippen molar-refractivity contribution in [3.05, 3.63) is 24.0 Å². The van der Waals surface area contributed by atoms with Gasteiger partial charge in [0.25, 0.3) is 0 Å². The molecule has 0 spiro atoms. The van der Waals surface area contributed by atoms with Crippen molar-refractivity contribution in [2.75, 3.05) is 5.32 Å². The van der Waals surface area contributed by atoms with Crippen LogP contribution in [0.5, 0.6) is 0 Å². The van der Waals surface area contributed by atoms with E-state index in [1.165, 1.54) is 38.5 Å². The molecule has 0 amide bonds. The number of hydrogen-bond acceptors (Lipinski definition) is 3. The molecule has 4 nitrogen and oxygen atoms in total. The zero-order valence-corrected chi connectivity index (χ0v) is 11.5. The Kier molecular flexibility index (Phi) is 2.56. The van der Waals surface area contributed by atoms with Crippen LogP contribution in [-0.4, -0.2) is 21.6 Å². The number of nitrogens with one attached hydrogen (secondary N) is 1. The van der Waals surface area contributed by atoms with Crippen LogP contribution in [0.4, 0.5) is 5.69 Å². The topological polar surface area (TPSA) is 62.2 Å². The van der Waals surface area contributed by atoms with Gasteiger partial charge in [-0.15, -0.1) is 0 Å². The van der Waals surface area contributed by atoms with E-state index >= 15 is 0 Å². The third kappa shape index (κ3) is 1.98.